The lowest BCUT2D eigenvalue weighted by Crippen LogP contribution is -2.36. The lowest BCUT2D eigenvalue weighted by molar-refractivity contribution is -0.116. The van der Waals surface area contributed by atoms with Gasteiger partial charge in [0.05, 0.1) is 11.4 Å². The Morgan fingerprint density at radius 3 is 2.62 bits per heavy atom. The Balaban J connectivity index is 1.56. The molecule has 0 saturated carbocycles. The van der Waals surface area contributed by atoms with Crippen LogP contribution in [0.25, 0.3) is 0 Å². The number of rotatable bonds is 6. The van der Waals surface area contributed by atoms with Gasteiger partial charge in [0.1, 0.15) is 0 Å². The molecule has 3 rings (SSSR count). The first-order chi connectivity index (χ1) is 11.7. The minimum Gasteiger partial charge on any atom is -0.381 e. The molecule has 1 aliphatic rings. The van der Waals surface area contributed by atoms with Crippen LogP contribution in [0.3, 0.4) is 0 Å². The Morgan fingerprint density at radius 2 is 1.92 bits per heavy atom. The van der Waals surface area contributed by atoms with E-state index in [1.807, 2.05) is 35.7 Å². The molecule has 0 bridgehead atoms. The van der Waals surface area contributed by atoms with E-state index in [2.05, 4.69) is 28.6 Å². The zero-order valence-corrected chi connectivity index (χ0v) is 14.9. The summed E-state index contributed by atoms with van der Waals surface area (Å²) in [6.07, 6.45) is 3.59. The highest BCUT2D eigenvalue weighted by Crippen LogP contribution is 2.24. The summed E-state index contributed by atoms with van der Waals surface area (Å²) in [6, 6.07) is 12.6. The third kappa shape index (κ3) is 4.82. The number of para-hydroxylation sites is 2. The van der Waals surface area contributed by atoms with E-state index in [9.17, 15) is 4.79 Å². The number of carbonyl (C=O) groups excluding carboxylic acids is 1. The van der Waals surface area contributed by atoms with Crippen LogP contribution in [0.2, 0.25) is 0 Å². The fourth-order valence-electron chi connectivity index (χ4n) is 3.00. The molecular formula is C19H25N3OS. The number of carbonyl (C=O) groups is 1. The lowest BCUT2D eigenvalue weighted by Gasteiger charge is -2.30. The molecule has 1 fully saturated rings. The summed E-state index contributed by atoms with van der Waals surface area (Å²) in [5.41, 5.74) is 1.91. The van der Waals surface area contributed by atoms with Gasteiger partial charge in [0.25, 0.3) is 0 Å². The summed E-state index contributed by atoms with van der Waals surface area (Å²) in [6.45, 7) is 2.24. The standard InChI is InChI=1S/C19H25N3OS/c1-22-12-10-15(11-13-22)20-17-6-2-3-7-18(17)21-19(23)9-8-16-5-4-14-24-16/h2-7,14-15,20H,8-13H2,1H3,(H,21,23). The van der Waals surface area contributed by atoms with Crippen molar-refractivity contribution in [3.05, 3.63) is 46.7 Å². The van der Waals surface area contributed by atoms with Gasteiger partial charge in [0, 0.05) is 17.3 Å². The van der Waals surface area contributed by atoms with Crippen molar-refractivity contribution in [3.63, 3.8) is 0 Å². The van der Waals surface area contributed by atoms with Crippen LogP contribution in [0.4, 0.5) is 11.4 Å². The van der Waals surface area contributed by atoms with Crippen LogP contribution in [0.15, 0.2) is 41.8 Å². The second kappa shape index (κ2) is 8.31. The van der Waals surface area contributed by atoms with Crippen molar-refractivity contribution >= 4 is 28.6 Å². The fraction of sp³-hybridized carbons (Fsp3) is 0.421. The highest BCUT2D eigenvalue weighted by Gasteiger charge is 2.17. The van der Waals surface area contributed by atoms with Crippen molar-refractivity contribution in [2.24, 2.45) is 0 Å². The predicted molar refractivity (Wildman–Crippen MR) is 102 cm³/mol. The molecule has 1 saturated heterocycles. The van der Waals surface area contributed by atoms with Gasteiger partial charge in [0.2, 0.25) is 5.91 Å². The van der Waals surface area contributed by atoms with E-state index in [1.54, 1.807) is 11.3 Å². The van der Waals surface area contributed by atoms with E-state index in [1.165, 1.54) is 4.88 Å². The van der Waals surface area contributed by atoms with Crippen LogP contribution < -0.4 is 10.6 Å². The summed E-state index contributed by atoms with van der Waals surface area (Å²) in [5.74, 6) is 0.0704. The molecule has 0 spiro atoms. The van der Waals surface area contributed by atoms with E-state index in [4.69, 9.17) is 0 Å². The maximum atomic E-state index is 12.3. The first-order valence-electron chi connectivity index (χ1n) is 8.57. The number of nitrogens with one attached hydrogen (secondary N) is 2. The minimum atomic E-state index is 0.0704. The molecule has 0 aliphatic carbocycles. The summed E-state index contributed by atoms with van der Waals surface area (Å²) >= 11 is 1.70. The van der Waals surface area contributed by atoms with E-state index in [0.29, 0.717) is 12.5 Å². The van der Waals surface area contributed by atoms with Gasteiger partial charge in [-0.05, 0) is 63.0 Å². The van der Waals surface area contributed by atoms with Gasteiger partial charge < -0.3 is 15.5 Å². The number of piperidine rings is 1. The molecule has 128 valence electrons. The molecule has 1 amide bonds. The van der Waals surface area contributed by atoms with E-state index in [0.717, 1.165) is 43.7 Å². The Morgan fingerprint density at radius 1 is 1.17 bits per heavy atom. The van der Waals surface area contributed by atoms with Crippen molar-refractivity contribution in [3.8, 4) is 0 Å². The van der Waals surface area contributed by atoms with Gasteiger partial charge in [-0.25, -0.2) is 0 Å². The van der Waals surface area contributed by atoms with Crippen LogP contribution >= 0.6 is 11.3 Å². The molecule has 24 heavy (non-hydrogen) atoms. The van der Waals surface area contributed by atoms with Crippen molar-refractivity contribution in [1.29, 1.82) is 0 Å². The number of thiophene rings is 1. The molecule has 5 heteroatoms. The molecule has 1 aromatic carbocycles. The number of benzene rings is 1. The van der Waals surface area contributed by atoms with Crippen LogP contribution in [0.5, 0.6) is 0 Å². The molecule has 4 nitrogen and oxygen atoms in total. The lowest BCUT2D eigenvalue weighted by atomic mass is 10.0. The zero-order chi connectivity index (χ0) is 16.8. The molecule has 2 aromatic rings. The van der Waals surface area contributed by atoms with Crippen molar-refractivity contribution in [1.82, 2.24) is 4.90 Å². The second-order valence-corrected chi connectivity index (χ2v) is 7.43. The monoisotopic (exact) mass is 343 g/mol. The van der Waals surface area contributed by atoms with Gasteiger partial charge in [-0.15, -0.1) is 11.3 Å². The average molecular weight is 343 g/mol. The Labute approximate surface area is 147 Å². The Hall–Kier alpha value is -1.85. The molecule has 0 radical (unpaired) electrons. The number of nitrogens with zero attached hydrogens (tertiary/aromatic N) is 1. The predicted octanol–water partition coefficient (Wildman–Crippen LogP) is 3.83. The highest BCUT2D eigenvalue weighted by atomic mass is 32.1. The van der Waals surface area contributed by atoms with E-state index < -0.39 is 0 Å². The molecule has 2 heterocycles. The third-order valence-corrected chi connectivity index (χ3v) is 5.39. The van der Waals surface area contributed by atoms with Gasteiger partial charge in [-0.2, -0.15) is 0 Å². The fourth-order valence-corrected chi connectivity index (χ4v) is 3.70. The van der Waals surface area contributed by atoms with Gasteiger partial charge >= 0.3 is 0 Å². The number of aryl methyl sites for hydroxylation is 1. The SMILES string of the molecule is CN1CCC(Nc2ccccc2NC(=O)CCc2cccs2)CC1. The summed E-state index contributed by atoms with van der Waals surface area (Å²) < 4.78 is 0. The first kappa shape index (κ1) is 17.0. The largest absolute Gasteiger partial charge is 0.381 e. The maximum absolute atomic E-state index is 12.3. The quantitative estimate of drug-likeness (QED) is 0.838. The molecular weight excluding hydrogens is 318 g/mol. The minimum absolute atomic E-state index is 0.0704. The van der Waals surface area contributed by atoms with Crippen molar-refractivity contribution < 1.29 is 4.79 Å². The molecule has 0 unspecified atom stereocenters. The van der Waals surface area contributed by atoms with Gasteiger partial charge in [0.15, 0.2) is 0 Å². The number of hydrogen-bond donors (Lipinski definition) is 2. The maximum Gasteiger partial charge on any atom is 0.224 e. The van der Waals surface area contributed by atoms with Crippen LogP contribution in [-0.2, 0) is 11.2 Å². The smallest absolute Gasteiger partial charge is 0.224 e. The normalized spacial score (nSPS) is 16.0. The van der Waals surface area contributed by atoms with Crippen LogP contribution in [0, 0.1) is 0 Å². The van der Waals surface area contributed by atoms with Gasteiger partial charge in [-0.1, -0.05) is 18.2 Å². The van der Waals surface area contributed by atoms with E-state index in [-0.39, 0.29) is 5.91 Å². The Bertz CT molecular complexity index is 648. The first-order valence-corrected chi connectivity index (χ1v) is 9.45. The van der Waals surface area contributed by atoms with Gasteiger partial charge in [-0.3, -0.25) is 4.79 Å². The molecule has 1 aliphatic heterocycles. The number of amides is 1. The summed E-state index contributed by atoms with van der Waals surface area (Å²) in [4.78, 5) is 15.9. The van der Waals surface area contributed by atoms with Crippen molar-refractivity contribution in [2.75, 3.05) is 30.8 Å². The number of anilines is 2. The molecule has 1 aromatic heterocycles. The summed E-state index contributed by atoms with van der Waals surface area (Å²) in [5, 5.41) is 8.72. The number of hydrogen-bond acceptors (Lipinski definition) is 4. The van der Waals surface area contributed by atoms with Crippen LogP contribution in [-0.4, -0.2) is 37.0 Å². The summed E-state index contributed by atoms with van der Waals surface area (Å²) in [7, 11) is 2.16. The van der Waals surface area contributed by atoms with Crippen LogP contribution in [0.1, 0.15) is 24.1 Å². The molecule has 2 N–H and O–H groups in total. The molecule has 0 atom stereocenters. The third-order valence-electron chi connectivity index (χ3n) is 4.46. The topological polar surface area (TPSA) is 44.4 Å². The van der Waals surface area contributed by atoms with E-state index >= 15 is 0 Å². The average Bonchev–Trinajstić information content (AvgIpc) is 3.10. The Kier molecular flexibility index (Phi) is 5.88. The second-order valence-electron chi connectivity index (χ2n) is 6.40. The highest BCUT2D eigenvalue weighted by molar-refractivity contribution is 7.09. The van der Waals surface area contributed by atoms with Crippen molar-refractivity contribution in [2.45, 2.75) is 31.7 Å². The number of likely N-dealkylation sites (tertiary alicyclic amines) is 1. The zero-order valence-electron chi connectivity index (χ0n) is 14.1.